The van der Waals surface area contributed by atoms with Gasteiger partial charge in [-0.3, -0.25) is 9.59 Å². The van der Waals surface area contributed by atoms with Gasteiger partial charge in [0, 0.05) is 24.6 Å². The maximum atomic E-state index is 12.1. The van der Waals surface area contributed by atoms with Gasteiger partial charge in [0.05, 0.1) is 0 Å². The molecule has 23 heavy (non-hydrogen) atoms. The van der Waals surface area contributed by atoms with Gasteiger partial charge in [0.25, 0.3) is 0 Å². The van der Waals surface area contributed by atoms with Gasteiger partial charge in [-0.1, -0.05) is 25.0 Å². The van der Waals surface area contributed by atoms with Crippen LogP contribution in [0.2, 0.25) is 0 Å². The van der Waals surface area contributed by atoms with Crippen LogP contribution in [0.1, 0.15) is 44.1 Å². The molecule has 1 aromatic rings. The van der Waals surface area contributed by atoms with Crippen molar-refractivity contribution >= 4 is 29.9 Å². The number of amides is 2. The molecular weight excluding hydrogens is 314 g/mol. The van der Waals surface area contributed by atoms with Crippen molar-refractivity contribution in [1.82, 2.24) is 5.32 Å². The Morgan fingerprint density at radius 2 is 1.96 bits per heavy atom. The monoisotopic (exact) mass is 339 g/mol. The molecule has 0 heterocycles. The highest BCUT2D eigenvalue weighted by Gasteiger charge is 2.22. The first kappa shape index (κ1) is 19.5. The molecule has 0 unspecified atom stereocenters. The molecule has 2 amide bonds. The first-order valence-corrected chi connectivity index (χ1v) is 8.05. The van der Waals surface area contributed by atoms with Crippen LogP contribution in [0.15, 0.2) is 24.3 Å². The van der Waals surface area contributed by atoms with E-state index in [9.17, 15) is 9.59 Å². The van der Waals surface area contributed by atoms with Crippen LogP contribution < -0.4 is 16.4 Å². The van der Waals surface area contributed by atoms with Crippen LogP contribution in [0.5, 0.6) is 0 Å². The van der Waals surface area contributed by atoms with Crippen LogP contribution >= 0.6 is 12.4 Å². The Bertz CT molecular complexity index is 516. The Morgan fingerprint density at radius 1 is 1.22 bits per heavy atom. The van der Waals surface area contributed by atoms with Crippen LogP contribution in [0.4, 0.5) is 5.69 Å². The lowest BCUT2D eigenvalue weighted by molar-refractivity contribution is -0.121. The lowest BCUT2D eigenvalue weighted by atomic mass is 10.1. The number of carbonyl (C=O) groups is 2. The van der Waals surface area contributed by atoms with Gasteiger partial charge >= 0.3 is 0 Å². The summed E-state index contributed by atoms with van der Waals surface area (Å²) in [5, 5.41) is 5.84. The second-order valence-electron chi connectivity index (χ2n) is 5.84. The van der Waals surface area contributed by atoms with E-state index in [1.54, 1.807) is 0 Å². The van der Waals surface area contributed by atoms with Crippen molar-refractivity contribution in [2.45, 2.75) is 45.1 Å². The summed E-state index contributed by atoms with van der Waals surface area (Å²) in [6, 6.07) is 7.63. The number of nitrogens with two attached hydrogens (primary N) is 1. The van der Waals surface area contributed by atoms with E-state index in [0.717, 1.165) is 36.9 Å². The number of anilines is 1. The van der Waals surface area contributed by atoms with E-state index in [4.69, 9.17) is 5.73 Å². The SMILES string of the molecule is Cl.NCCCC(=O)NCc1cccc(NC(=O)C2CCCC2)c1. The minimum Gasteiger partial charge on any atom is -0.352 e. The van der Waals surface area contributed by atoms with Crippen LogP contribution in [0.25, 0.3) is 0 Å². The number of hydrogen-bond acceptors (Lipinski definition) is 3. The van der Waals surface area contributed by atoms with Gasteiger partial charge < -0.3 is 16.4 Å². The molecule has 1 aliphatic rings. The summed E-state index contributed by atoms with van der Waals surface area (Å²) in [5.41, 5.74) is 7.16. The van der Waals surface area contributed by atoms with Crippen LogP contribution in [-0.2, 0) is 16.1 Å². The molecule has 0 radical (unpaired) electrons. The molecule has 0 spiro atoms. The predicted molar refractivity (Wildman–Crippen MR) is 94.4 cm³/mol. The average Bonchev–Trinajstić information content (AvgIpc) is 3.06. The second-order valence-corrected chi connectivity index (χ2v) is 5.84. The van der Waals surface area contributed by atoms with Crippen molar-refractivity contribution in [2.24, 2.45) is 11.7 Å². The van der Waals surface area contributed by atoms with Gasteiger partial charge in [0.1, 0.15) is 0 Å². The minimum atomic E-state index is 0. The Balaban J connectivity index is 0.00000264. The number of hydrogen-bond donors (Lipinski definition) is 3. The fourth-order valence-corrected chi connectivity index (χ4v) is 2.74. The minimum absolute atomic E-state index is 0. The number of nitrogens with one attached hydrogen (secondary N) is 2. The quantitative estimate of drug-likeness (QED) is 0.713. The molecule has 128 valence electrons. The van der Waals surface area contributed by atoms with E-state index in [-0.39, 0.29) is 30.1 Å². The van der Waals surface area contributed by atoms with Gasteiger partial charge in [-0.05, 0) is 43.5 Å². The zero-order valence-electron chi connectivity index (χ0n) is 13.3. The molecule has 1 aromatic carbocycles. The van der Waals surface area contributed by atoms with E-state index in [2.05, 4.69) is 10.6 Å². The largest absolute Gasteiger partial charge is 0.352 e. The molecule has 2 rings (SSSR count). The first-order chi connectivity index (χ1) is 10.7. The highest BCUT2D eigenvalue weighted by molar-refractivity contribution is 5.92. The summed E-state index contributed by atoms with van der Waals surface area (Å²) >= 11 is 0. The zero-order chi connectivity index (χ0) is 15.8. The molecule has 0 aliphatic heterocycles. The molecular formula is C17H26ClN3O2. The molecule has 1 saturated carbocycles. The Kier molecular flexibility index (Phi) is 8.66. The average molecular weight is 340 g/mol. The smallest absolute Gasteiger partial charge is 0.227 e. The van der Waals surface area contributed by atoms with Crippen molar-refractivity contribution in [3.05, 3.63) is 29.8 Å². The van der Waals surface area contributed by atoms with E-state index in [1.807, 2.05) is 24.3 Å². The molecule has 1 aliphatic carbocycles. The standard InChI is InChI=1S/C17H25N3O2.ClH/c18-10-4-9-16(21)19-12-13-5-3-8-15(11-13)20-17(22)14-6-1-2-7-14;/h3,5,8,11,14H,1-2,4,6-7,9-10,12,18H2,(H,19,21)(H,20,22);1H. The number of benzene rings is 1. The molecule has 0 bridgehead atoms. The Morgan fingerprint density at radius 3 is 2.65 bits per heavy atom. The number of rotatable bonds is 7. The zero-order valence-corrected chi connectivity index (χ0v) is 14.2. The van der Waals surface area contributed by atoms with Crippen molar-refractivity contribution in [1.29, 1.82) is 0 Å². The first-order valence-electron chi connectivity index (χ1n) is 8.05. The summed E-state index contributed by atoms with van der Waals surface area (Å²) in [5.74, 6) is 0.270. The molecule has 0 saturated heterocycles. The van der Waals surface area contributed by atoms with Crippen molar-refractivity contribution in [3.63, 3.8) is 0 Å². The van der Waals surface area contributed by atoms with E-state index in [0.29, 0.717) is 25.9 Å². The number of halogens is 1. The normalized spacial score (nSPS) is 14.1. The summed E-state index contributed by atoms with van der Waals surface area (Å²) in [6.07, 6.45) is 5.42. The molecule has 6 heteroatoms. The molecule has 0 atom stereocenters. The third-order valence-electron chi connectivity index (χ3n) is 4.02. The summed E-state index contributed by atoms with van der Waals surface area (Å²) in [4.78, 5) is 23.7. The highest BCUT2D eigenvalue weighted by atomic mass is 35.5. The number of carbonyl (C=O) groups excluding carboxylic acids is 2. The lowest BCUT2D eigenvalue weighted by Gasteiger charge is -2.12. The third kappa shape index (κ3) is 6.59. The fraction of sp³-hybridized carbons (Fsp3) is 0.529. The van der Waals surface area contributed by atoms with Crippen LogP contribution in [0.3, 0.4) is 0 Å². The Labute approximate surface area is 143 Å². The van der Waals surface area contributed by atoms with Gasteiger partial charge in [-0.25, -0.2) is 0 Å². The fourth-order valence-electron chi connectivity index (χ4n) is 2.74. The maximum Gasteiger partial charge on any atom is 0.227 e. The predicted octanol–water partition coefficient (Wildman–Crippen LogP) is 2.59. The van der Waals surface area contributed by atoms with Crippen molar-refractivity contribution in [3.8, 4) is 0 Å². The van der Waals surface area contributed by atoms with E-state index in [1.165, 1.54) is 0 Å². The van der Waals surface area contributed by atoms with Gasteiger partial charge in [-0.15, -0.1) is 12.4 Å². The van der Waals surface area contributed by atoms with Crippen LogP contribution in [0, 0.1) is 5.92 Å². The van der Waals surface area contributed by atoms with Crippen molar-refractivity contribution in [2.75, 3.05) is 11.9 Å². The summed E-state index contributed by atoms with van der Waals surface area (Å²) < 4.78 is 0. The second kappa shape index (κ2) is 10.2. The summed E-state index contributed by atoms with van der Waals surface area (Å²) in [7, 11) is 0. The van der Waals surface area contributed by atoms with Gasteiger partial charge in [-0.2, -0.15) is 0 Å². The Hall–Kier alpha value is -1.59. The van der Waals surface area contributed by atoms with Gasteiger partial charge in [0.15, 0.2) is 0 Å². The summed E-state index contributed by atoms with van der Waals surface area (Å²) in [6.45, 7) is 0.993. The molecule has 1 fully saturated rings. The highest BCUT2D eigenvalue weighted by Crippen LogP contribution is 2.26. The lowest BCUT2D eigenvalue weighted by Crippen LogP contribution is -2.23. The van der Waals surface area contributed by atoms with E-state index < -0.39 is 0 Å². The van der Waals surface area contributed by atoms with Crippen LogP contribution in [-0.4, -0.2) is 18.4 Å². The molecule has 4 N–H and O–H groups in total. The maximum absolute atomic E-state index is 12.1. The topological polar surface area (TPSA) is 84.2 Å². The molecule has 0 aromatic heterocycles. The molecule has 5 nitrogen and oxygen atoms in total. The van der Waals surface area contributed by atoms with Crippen molar-refractivity contribution < 1.29 is 9.59 Å². The van der Waals surface area contributed by atoms with E-state index >= 15 is 0 Å². The third-order valence-corrected chi connectivity index (χ3v) is 4.02. The van der Waals surface area contributed by atoms with Gasteiger partial charge in [0.2, 0.25) is 11.8 Å².